The van der Waals surface area contributed by atoms with Crippen LogP contribution in [0.4, 0.5) is 22.7 Å². The molecule has 0 radical (unpaired) electrons. The highest BCUT2D eigenvalue weighted by atomic mass is 16.5. The van der Waals surface area contributed by atoms with Crippen molar-refractivity contribution in [2.24, 2.45) is 0 Å². The molecule has 1 aliphatic rings. The largest absolute Gasteiger partial charge is 0.503 e. The Hall–Kier alpha value is -7.85. The van der Waals surface area contributed by atoms with Crippen LogP contribution in [0.2, 0.25) is 0 Å². The molecule has 10 aromatic rings. The molecule has 0 aliphatic carbocycles. The predicted octanol–water partition coefficient (Wildman–Crippen LogP) is 13.6. The summed E-state index contributed by atoms with van der Waals surface area (Å²) in [6, 6.07) is 72.0. The summed E-state index contributed by atoms with van der Waals surface area (Å²) in [4.78, 5) is 4.72. The van der Waals surface area contributed by atoms with Crippen molar-refractivity contribution in [3.05, 3.63) is 206 Å². The van der Waals surface area contributed by atoms with E-state index in [9.17, 15) is 0 Å². The number of fused-ring (bicyclic) bond motifs is 6. The van der Waals surface area contributed by atoms with Crippen molar-refractivity contribution in [2.45, 2.75) is 6.92 Å². The van der Waals surface area contributed by atoms with Gasteiger partial charge in [-0.05, 0) is 98.8 Å². The topological polar surface area (TPSA) is 33.1 Å². The van der Waals surface area contributed by atoms with Crippen LogP contribution in [-0.2, 0) is 0 Å². The molecule has 0 saturated carbocycles. The summed E-state index contributed by atoms with van der Waals surface area (Å²) in [7, 11) is 0. The lowest BCUT2D eigenvalue weighted by molar-refractivity contribution is 0.483. The van der Waals surface area contributed by atoms with Crippen LogP contribution in [0.1, 0.15) is 5.56 Å². The minimum absolute atomic E-state index is 0.743. The van der Waals surface area contributed by atoms with E-state index in [1.54, 1.807) is 0 Å². The van der Waals surface area contributed by atoms with E-state index in [1.807, 2.05) is 24.4 Å². The molecular weight excluding hydrogens is 709 g/mol. The molecule has 1 aliphatic heterocycles. The van der Waals surface area contributed by atoms with Crippen LogP contribution < -0.4 is 13.9 Å². The number of ether oxygens (including phenoxy) is 1. The Balaban J connectivity index is 1.10. The van der Waals surface area contributed by atoms with Crippen molar-refractivity contribution in [3.63, 3.8) is 0 Å². The summed E-state index contributed by atoms with van der Waals surface area (Å²) >= 11 is 0. The minimum atomic E-state index is 0.743. The number of aryl methyl sites for hydroxylation is 1. The van der Waals surface area contributed by atoms with Crippen LogP contribution in [0.25, 0.3) is 60.6 Å². The Labute approximate surface area is 336 Å². The third-order valence-corrected chi connectivity index (χ3v) is 11.0. The predicted molar refractivity (Wildman–Crippen MR) is 239 cm³/mol. The van der Waals surface area contributed by atoms with Crippen LogP contribution in [0.3, 0.4) is 0 Å². The number of para-hydroxylation sites is 2. The highest BCUT2D eigenvalue weighted by Gasteiger charge is 2.41. The van der Waals surface area contributed by atoms with Crippen molar-refractivity contribution in [1.82, 2.24) is 18.7 Å². The van der Waals surface area contributed by atoms with Gasteiger partial charge in [0.1, 0.15) is 17.3 Å². The molecular formula is C53H36N4O+2. The average molecular weight is 745 g/mol. The maximum absolute atomic E-state index is 6.78. The van der Waals surface area contributed by atoms with Crippen LogP contribution in [0.15, 0.2) is 200 Å². The zero-order valence-electron chi connectivity index (χ0n) is 31.7. The first-order valence-corrected chi connectivity index (χ1v) is 19.5. The molecule has 58 heavy (non-hydrogen) atoms. The Bertz CT molecular complexity index is 3230. The Morgan fingerprint density at radius 2 is 1.19 bits per heavy atom. The molecule has 3 heterocycles. The van der Waals surface area contributed by atoms with E-state index < -0.39 is 0 Å². The zero-order chi connectivity index (χ0) is 38.6. The summed E-state index contributed by atoms with van der Waals surface area (Å²) in [5.74, 6) is 2.35. The number of benzene rings is 8. The molecule has 0 N–H and O–H groups in total. The van der Waals surface area contributed by atoms with E-state index in [2.05, 4.69) is 203 Å². The van der Waals surface area contributed by atoms with Crippen LogP contribution >= 0.6 is 0 Å². The Kier molecular flexibility index (Phi) is 7.92. The average Bonchev–Trinajstić information content (AvgIpc) is 3.83. The van der Waals surface area contributed by atoms with Gasteiger partial charge in [0.15, 0.2) is 0 Å². The SMILES string of the molecule is Cc1cc(Oc2ccc3c4ccccc4n(-c4ccccn4)c3c2)cc([N+]2=C=[N+](c3c(-c4ccccc4)cccc3-c3ccccc3)c3c2ccc2ccccc32)c1. The van der Waals surface area contributed by atoms with Gasteiger partial charge in [0.25, 0.3) is 5.69 Å². The molecule has 2 aromatic heterocycles. The Morgan fingerprint density at radius 1 is 0.500 bits per heavy atom. The number of hydrogen-bond donors (Lipinski definition) is 0. The van der Waals surface area contributed by atoms with Gasteiger partial charge in [0.05, 0.1) is 33.6 Å². The van der Waals surface area contributed by atoms with Gasteiger partial charge < -0.3 is 4.74 Å². The van der Waals surface area contributed by atoms with E-state index in [-0.39, 0.29) is 0 Å². The van der Waals surface area contributed by atoms with E-state index in [4.69, 9.17) is 9.72 Å². The molecule has 0 atom stereocenters. The van der Waals surface area contributed by atoms with Gasteiger partial charge >= 0.3 is 11.7 Å². The van der Waals surface area contributed by atoms with E-state index in [0.29, 0.717) is 0 Å². The minimum Gasteiger partial charge on any atom is -0.457 e. The van der Waals surface area contributed by atoms with Gasteiger partial charge in [-0.25, -0.2) is 4.98 Å². The van der Waals surface area contributed by atoms with Crippen LogP contribution in [0.5, 0.6) is 11.5 Å². The fourth-order valence-electron chi connectivity index (χ4n) is 8.51. The summed E-state index contributed by atoms with van der Waals surface area (Å²) < 4.78 is 13.4. The summed E-state index contributed by atoms with van der Waals surface area (Å²) in [5.41, 5.74) is 11.9. The molecule has 0 bridgehead atoms. The van der Waals surface area contributed by atoms with Crippen LogP contribution in [-0.4, -0.2) is 15.6 Å². The fourth-order valence-corrected chi connectivity index (χ4v) is 8.51. The van der Waals surface area contributed by atoms with Gasteiger partial charge in [-0.2, -0.15) is 0 Å². The molecule has 11 rings (SSSR count). The monoisotopic (exact) mass is 744 g/mol. The number of nitrogens with zero attached hydrogens (tertiary/aromatic N) is 4. The van der Waals surface area contributed by atoms with Crippen molar-refractivity contribution >= 4 is 61.3 Å². The summed E-state index contributed by atoms with van der Waals surface area (Å²) in [5, 5.41) is 4.64. The summed E-state index contributed by atoms with van der Waals surface area (Å²) in [6.07, 6.45) is 1.84. The molecule has 0 spiro atoms. The van der Waals surface area contributed by atoms with Crippen LogP contribution in [0, 0.1) is 6.92 Å². The molecule has 0 amide bonds. The highest BCUT2D eigenvalue weighted by molar-refractivity contribution is 6.10. The van der Waals surface area contributed by atoms with Gasteiger partial charge in [-0.3, -0.25) is 4.57 Å². The van der Waals surface area contributed by atoms with Gasteiger partial charge in [0.2, 0.25) is 11.4 Å². The third-order valence-electron chi connectivity index (χ3n) is 11.0. The third kappa shape index (κ3) is 5.61. The molecule has 0 saturated heterocycles. The van der Waals surface area contributed by atoms with Crippen molar-refractivity contribution in [3.8, 4) is 39.6 Å². The molecule has 0 unspecified atom stereocenters. The lowest BCUT2D eigenvalue weighted by Gasteiger charge is -2.11. The number of aromatic nitrogens is 2. The Morgan fingerprint density at radius 3 is 1.95 bits per heavy atom. The molecule has 8 aromatic carbocycles. The first-order valence-electron chi connectivity index (χ1n) is 19.5. The standard InChI is InChI=1S/C53H36N4O/c1-36-31-40(33-42(32-36)58-41-27-28-47-46-21-10-11-24-48(46)57(50(47)34-41)51-25-12-13-30-54-51)55-35-56(53-45-20-9-8-19-39(45)26-29-49(53)55)52-43(37-15-4-2-5-16-37)22-14-23-44(52)38-17-6-3-7-18-38/h2-34H,1H3/q+2. The zero-order valence-corrected chi connectivity index (χ0v) is 31.7. The van der Waals surface area contributed by atoms with Crippen molar-refractivity contribution in [2.75, 3.05) is 0 Å². The lowest BCUT2D eigenvalue weighted by atomic mass is 9.95. The lowest BCUT2D eigenvalue weighted by Crippen LogP contribution is -2.05. The smallest absolute Gasteiger partial charge is 0.457 e. The van der Waals surface area contributed by atoms with E-state index in [0.717, 1.165) is 89.7 Å². The molecule has 5 nitrogen and oxygen atoms in total. The highest BCUT2D eigenvalue weighted by Crippen LogP contribution is 2.47. The fraction of sp³-hybridized carbons (Fsp3) is 0.0189. The maximum Gasteiger partial charge on any atom is 0.503 e. The van der Waals surface area contributed by atoms with E-state index >= 15 is 0 Å². The molecule has 0 fully saturated rings. The van der Waals surface area contributed by atoms with Gasteiger partial charge in [0, 0.05) is 35.2 Å². The molecule has 272 valence electrons. The van der Waals surface area contributed by atoms with Crippen molar-refractivity contribution < 1.29 is 4.74 Å². The summed E-state index contributed by atoms with van der Waals surface area (Å²) in [6.45, 7) is 2.12. The maximum atomic E-state index is 6.78. The second kappa shape index (κ2) is 13.7. The molecule has 5 heteroatoms. The number of hydrogen-bond acceptors (Lipinski definition) is 2. The second-order valence-corrected chi connectivity index (χ2v) is 14.7. The van der Waals surface area contributed by atoms with Gasteiger partial charge in [-0.15, -0.1) is 0 Å². The second-order valence-electron chi connectivity index (χ2n) is 14.7. The first kappa shape index (κ1) is 33.5. The van der Waals surface area contributed by atoms with Crippen molar-refractivity contribution in [1.29, 1.82) is 0 Å². The quantitative estimate of drug-likeness (QED) is 0.152. The normalized spacial score (nSPS) is 12.2. The number of pyridine rings is 1. The van der Waals surface area contributed by atoms with Gasteiger partial charge in [-0.1, -0.05) is 109 Å². The van der Waals surface area contributed by atoms with E-state index in [1.165, 1.54) is 10.8 Å². The number of rotatable bonds is 7. The first-order chi connectivity index (χ1) is 28.7.